The molecule has 0 radical (unpaired) electrons. The molecule has 0 saturated heterocycles. The average Bonchev–Trinajstić information content (AvgIpc) is 3.04. The van der Waals surface area contributed by atoms with Crippen molar-refractivity contribution in [1.82, 2.24) is 9.88 Å². The van der Waals surface area contributed by atoms with E-state index in [2.05, 4.69) is 62.1 Å². The van der Waals surface area contributed by atoms with Gasteiger partial charge >= 0.3 is 0 Å². The predicted octanol–water partition coefficient (Wildman–Crippen LogP) is 4.56. The van der Waals surface area contributed by atoms with E-state index in [1.807, 2.05) is 30.3 Å². The Balaban J connectivity index is 1.42. The minimum absolute atomic E-state index is 0.103. The van der Waals surface area contributed by atoms with Gasteiger partial charge in [-0.2, -0.15) is 0 Å². The van der Waals surface area contributed by atoms with Crippen molar-refractivity contribution in [3.8, 4) is 0 Å². The van der Waals surface area contributed by atoms with Gasteiger partial charge in [0.2, 0.25) is 0 Å². The number of anilines is 1. The fraction of sp³-hybridized carbons (Fsp3) is 0.200. The molecule has 0 atom stereocenters. The summed E-state index contributed by atoms with van der Waals surface area (Å²) in [5.74, 6) is -0.103. The van der Waals surface area contributed by atoms with Gasteiger partial charge in [-0.3, -0.25) is 15.0 Å². The van der Waals surface area contributed by atoms with Crippen LogP contribution in [0.4, 0.5) is 5.13 Å². The van der Waals surface area contributed by atoms with Crippen molar-refractivity contribution in [2.75, 3.05) is 11.9 Å². The molecule has 1 aliphatic rings. The number of carbonyl (C=O) groups is 1. The number of hydrogen-bond acceptors (Lipinski definition) is 4. The first-order valence-electron chi connectivity index (χ1n) is 8.49. The summed E-state index contributed by atoms with van der Waals surface area (Å²) in [5, 5.41) is 3.64. The maximum atomic E-state index is 12.4. The maximum absolute atomic E-state index is 12.4. The molecule has 0 unspecified atom stereocenters. The molecule has 0 aliphatic carbocycles. The highest BCUT2D eigenvalue weighted by Gasteiger charge is 2.21. The predicted molar refractivity (Wildman–Crippen MR) is 113 cm³/mol. The summed E-state index contributed by atoms with van der Waals surface area (Å²) in [6.07, 6.45) is 0.929. The zero-order valence-electron chi connectivity index (χ0n) is 14.1. The Kier molecular flexibility index (Phi) is 5.33. The van der Waals surface area contributed by atoms with E-state index in [-0.39, 0.29) is 5.91 Å². The number of nitrogens with zero attached hydrogens (tertiary/aromatic N) is 2. The van der Waals surface area contributed by atoms with E-state index in [4.69, 9.17) is 0 Å². The van der Waals surface area contributed by atoms with Crippen molar-refractivity contribution < 1.29 is 4.79 Å². The Morgan fingerprint density at radius 3 is 2.69 bits per heavy atom. The van der Waals surface area contributed by atoms with Crippen LogP contribution < -0.4 is 5.32 Å². The molecule has 2 aromatic carbocycles. The van der Waals surface area contributed by atoms with E-state index >= 15 is 0 Å². The second kappa shape index (κ2) is 7.85. The number of carbonyl (C=O) groups excluding carboxylic acids is 1. The third kappa shape index (κ3) is 4.13. The molecule has 0 spiro atoms. The molecule has 26 heavy (non-hydrogen) atoms. The molecule has 0 bridgehead atoms. The Bertz CT molecular complexity index is 909. The Hall–Kier alpha value is -1.77. The Morgan fingerprint density at radius 1 is 1.15 bits per heavy atom. The van der Waals surface area contributed by atoms with Gasteiger partial charge in [-0.1, -0.05) is 30.3 Å². The summed E-state index contributed by atoms with van der Waals surface area (Å²) in [7, 11) is 0. The lowest BCUT2D eigenvalue weighted by molar-refractivity contribution is 0.102. The quantitative estimate of drug-likeness (QED) is 0.563. The van der Waals surface area contributed by atoms with Crippen molar-refractivity contribution in [2.45, 2.75) is 19.5 Å². The third-order valence-electron chi connectivity index (χ3n) is 4.39. The first-order valence-corrected chi connectivity index (χ1v) is 10.4. The largest absolute Gasteiger partial charge is 0.298 e. The lowest BCUT2D eigenvalue weighted by atomic mass is 10.1. The standard InChI is InChI=1S/C20H18IN3OS/c21-16-8-6-15(7-9-16)19(25)23-20-22-17-10-11-24(13-18(17)26-20)12-14-4-2-1-3-5-14/h1-9H,10-13H2,(H,22,23,25). The van der Waals surface area contributed by atoms with Gasteiger partial charge in [0.05, 0.1) is 5.69 Å². The number of hydrogen-bond donors (Lipinski definition) is 1. The van der Waals surface area contributed by atoms with Crippen LogP contribution in [0.5, 0.6) is 0 Å². The molecule has 1 amide bonds. The molecular weight excluding hydrogens is 457 g/mol. The van der Waals surface area contributed by atoms with Crippen molar-refractivity contribution in [3.63, 3.8) is 0 Å². The first kappa shape index (κ1) is 17.6. The van der Waals surface area contributed by atoms with Crippen molar-refractivity contribution >= 4 is 45.0 Å². The Labute approximate surface area is 170 Å². The monoisotopic (exact) mass is 475 g/mol. The van der Waals surface area contributed by atoms with E-state index in [1.165, 1.54) is 10.4 Å². The molecule has 132 valence electrons. The van der Waals surface area contributed by atoms with E-state index in [0.29, 0.717) is 10.7 Å². The molecular formula is C20H18IN3OS. The van der Waals surface area contributed by atoms with Crippen LogP contribution in [0.15, 0.2) is 54.6 Å². The zero-order chi connectivity index (χ0) is 17.9. The number of nitrogens with one attached hydrogen (secondary N) is 1. The SMILES string of the molecule is O=C(Nc1nc2c(s1)CN(Cc1ccccc1)CC2)c1ccc(I)cc1. The average molecular weight is 475 g/mol. The van der Waals surface area contributed by atoms with Crippen LogP contribution in [-0.2, 0) is 19.5 Å². The second-order valence-electron chi connectivity index (χ2n) is 6.30. The van der Waals surface area contributed by atoms with Gasteiger partial charge in [0.15, 0.2) is 5.13 Å². The first-order chi connectivity index (χ1) is 12.7. The van der Waals surface area contributed by atoms with Gasteiger partial charge in [0, 0.05) is 40.1 Å². The fourth-order valence-corrected chi connectivity index (χ4v) is 4.45. The lowest BCUT2D eigenvalue weighted by Gasteiger charge is -2.25. The van der Waals surface area contributed by atoms with Gasteiger partial charge in [-0.05, 0) is 52.4 Å². The van der Waals surface area contributed by atoms with Gasteiger partial charge < -0.3 is 0 Å². The van der Waals surface area contributed by atoms with E-state index in [0.717, 1.165) is 35.3 Å². The van der Waals surface area contributed by atoms with Crippen molar-refractivity contribution in [3.05, 3.63) is 79.9 Å². The molecule has 0 fully saturated rings. The molecule has 6 heteroatoms. The van der Waals surface area contributed by atoms with Gasteiger partial charge in [-0.25, -0.2) is 4.98 Å². The Morgan fingerprint density at radius 2 is 1.92 bits per heavy atom. The number of thiazole rings is 1. The zero-order valence-corrected chi connectivity index (χ0v) is 17.1. The van der Waals surface area contributed by atoms with Crippen LogP contribution in [0.2, 0.25) is 0 Å². The smallest absolute Gasteiger partial charge is 0.257 e. The third-order valence-corrected chi connectivity index (χ3v) is 6.10. The fourth-order valence-electron chi connectivity index (χ4n) is 3.05. The van der Waals surface area contributed by atoms with Crippen LogP contribution in [0, 0.1) is 3.57 Å². The van der Waals surface area contributed by atoms with Crippen LogP contribution in [0.3, 0.4) is 0 Å². The topological polar surface area (TPSA) is 45.2 Å². The van der Waals surface area contributed by atoms with Crippen LogP contribution >= 0.6 is 33.9 Å². The minimum atomic E-state index is -0.103. The highest BCUT2D eigenvalue weighted by Crippen LogP contribution is 2.29. The van der Waals surface area contributed by atoms with E-state index < -0.39 is 0 Å². The molecule has 2 heterocycles. The van der Waals surface area contributed by atoms with Crippen molar-refractivity contribution in [1.29, 1.82) is 0 Å². The molecule has 1 N–H and O–H groups in total. The summed E-state index contributed by atoms with van der Waals surface area (Å²) in [6, 6.07) is 18.1. The number of halogens is 1. The summed E-state index contributed by atoms with van der Waals surface area (Å²) in [5.41, 5.74) is 3.11. The summed E-state index contributed by atoms with van der Waals surface area (Å²) < 4.78 is 1.11. The molecule has 4 rings (SSSR count). The van der Waals surface area contributed by atoms with Gasteiger partial charge in [0.25, 0.3) is 5.91 Å². The number of aromatic nitrogens is 1. The van der Waals surface area contributed by atoms with E-state index in [1.54, 1.807) is 11.3 Å². The molecule has 1 aliphatic heterocycles. The maximum Gasteiger partial charge on any atom is 0.257 e. The molecule has 1 aromatic heterocycles. The summed E-state index contributed by atoms with van der Waals surface area (Å²) in [6.45, 7) is 2.83. The molecule has 0 saturated carbocycles. The highest BCUT2D eigenvalue weighted by molar-refractivity contribution is 14.1. The highest BCUT2D eigenvalue weighted by atomic mass is 127. The number of benzene rings is 2. The minimum Gasteiger partial charge on any atom is -0.298 e. The van der Waals surface area contributed by atoms with Gasteiger partial charge in [0.1, 0.15) is 0 Å². The second-order valence-corrected chi connectivity index (χ2v) is 8.63. The molecule has 3 aromatic rings. The van der Waals surface area contributed by atoms with Gasteiger partial charge in [-0.15, -0.1) is 11.3 Å². The normalized spacial score (nSPS) is 14.0. The van der Waals surface area contributed by atoms with Crippen molar-refractivity contribution in [2.24, 2.45) is 0 Å². The van der Waals surface area contributed by atoms with Crippen LogP contribution in [0.25, 0.3) is 0 Å². The molecule has 4 nitrogen and oxygen atoms in total. The number of rotatable bonds is 4. The number of fused-ring (bicyclic) bond motifs is 1. The van der Waals surface area contributed by atoms with Crippen LogP contribution in [0.1, 0.15) is 26.5 Å². The summed E-state index contributed by atoms with van der Waals surface area (Å²) >= 11 is 3.82. The van der Waals surface area contributed by atoms with Crippen LogP contribution in [-0.4, -0.2) is 22.3 Å². The summed E-state index contributed by atoms with van der Waals surface area (Å²) in [4.78, 5) is 20.7. The number of amides is 1. The van der Waals surface area contributed by atoms with E-state index in [9.17, 15) is 4.79 Å². The lowest BCUT2D eigenvalue weighted by Crippen LogP contribution is -2.29.